The number of amides is 2. The van der Waals surface area contributed by atoms with Crippen molar-refractivity contribution in [1.82, 2.24) is 10.6 Å². The fraction of sp³-hybridized carbons (Fsp3) is 0.333. The smallest absolute Gasteiger partial charge is 0.258 e. The van der Waals surface area contributed by atoms with E-state index >= 15 is 0 Å². The van der Waals surface area contributed by atoms with Crippen molar-refractivity contribution < 1.29 is 19.1 Å². The second kappa shape index (κ2) is 9.73. The van der Waals surface area contributed by atoms with Crippen LogP contribution >= 0.6 is 0 Å². The van der Waals surface area contributed by atoms with E-state index in [1.165, 1.54) is 0 Å². The number of rotatable bonds is 8. The van der Waals surface area contributed by atoms with Crippen molar-refractivity contribution in [2.75, 3.05) is 19.8 Å². The Hall–Kier alpha value is -2.86. The first kappa shape index (κ1) is 18.9. The van der Waals surface area contributed by atoms with Crippen LogP contribution < -0.4 is 15.4 Å². The summed E-state index contributed by atoms with van der Waals surface area (Å²) >= 11 is 0. The predicted octanol–water partition coefficient (Wildman–Crippen LogP) is 2.29. The Morgan fingerprint density at radius 2 is 1.93 bits per heavy atom. The minimum atomic E-state index is -0.204. The van der Waals surface area contributed by atoms with Gasteiger partial charge in [0.05, 0.1) is 6.10 Å². The fourth-order valence-corrected chi connectivity index (χ4v) is 2.84. The van der Waals surface area contributed by atoms with Gasteiger partial charge in [-0.15, -0.1) is 0 Å². The van der Waals surface area contributed by atoms with Gasteiger partial charge in [-0.25, -0.2) is 0 Å². The normalized spacial score (nSPS) is 15.9. The molecule has 1 saturated heterocycles. The number of nitrogens with one attached hydrogen (secondary N) is 2. The van der Waals surface area contributed by atoms with Crippen LogP contribution in [0.2, 0.25) is 0 Å². The zero-order valence-electron chi connectivity index (χ0n) is 15.1. The maximum atomic E-state index is 12.3. The van der Waals surface area contributed by atoms with E-state index in [1.54, 1.807) is 24.3 Å². The van der Waals surface area contributed by atoms with Crippen molar-refractivity contribution in [2.24, 2.45) is 0 Å². The second-order valence-electron chi connectivity index (χ2n) is 6.42. The summed E-state index contributed by atoms with van der Waals surface area (Å²) in [5.41, 5.74) is 1.52. The lowest BCUT2D eigenvalue weighted by Crippen LogP contribution is -2.35. The molecular weight excluding hydrogens is 344 g/mol. The number of hydrogen-bond donors (Lipinski definition) is 2. The van der Waals surface area contributed by atoms with Crippen molar-refractivity contribution in [2.45, 2.75) is 25.5 Å². The highest BCUT2D eigenvalue weighted by Gasteiger charge is 2.16. The van der Waals surface area contributed by atoms with E-state index in [0.717, 1.165) is 25.0 Å². The maximum Gasteiger partial charge on any atom is 0.258 e. The lowest BCUT2D eigenvalue weighted by molar-refractivity contribution is -0.123. The first-order chi connectivity index (χ1) is 13.2. The Morgan fingerprint density at radius 3 is 2.70 bits per heavy atom. The summed E-state index contributed by atoms with van der Waals surface area (Å²) in [6.07, 6.45) is 2.11. The zero-order chi connectivity index (χ0) is 18.9. The molecule has 1 atom stereocenters. The van der Waals surface area contributed by atoms with Gasteiger partial charge in [0.1, 0.15) is 5.75 Å². The van der Waals surface area contributed by atoms with Crippen molar-refractivity contribution in [3.8, 4) is 5.75 Å². The molecular formula is C21H24N2O4. The van der Waals surface area contributed by atoms with Crippen LogP contribution in [0.5, 0.6) is 5.75 Å². The molecule has 142 valence electrons. The Morgan fingerprint density at radius 1 is 1.07 bits per heavy atom. The molecule has 2 amide bonds. The van der Waals surface area contributed by atoms with E-state index in [9.17, 15) is 9.59 Å². The van der Waals surface area contributed by atoms with Crippen LogP contribution in [0, 0.1) is 0 Å². The number of benzene rings is 2. The minimum Gasteiger partial charge on any atom is -0.484 e. The highest BCUT2D eigenvalue weighted by atomic mass is 16.5. The van der Waals surface area contributed by atoms with Gasteiger partial charge in [-0.1, -0.05) is 36.4 Å². The molecule has 6 heteroatoms. The first-order valence-electron chi connectivity index (χ1n) is 9.14. The van der Waals surface area contributed by atoms with Crippen LogP contribution in [0.25, 0.3) is 0 Å². The molecule has 0 radical (unpaired) electrons. The molecule has 0 saturated carbocycles. The van der Waals surface area contributed by atoms with Crippen LogP contribution in [-0.4, -0.2) is 37.7 Å². The predicted molar refractivity (Wildman–Crippen MR) is 102 cm³/mol. The first-order valence-corrected chi connectivity index (χ1v) is 9.14. The fourth-order valence-electron chi connectivity index (χ4n) is 2.84. The summed E-state index contributed by atoms with van der Waals surface area (Å²) in [5, 5.41) is 5.67. The third-order valence-corrected chi connectivity index (χ3v) is 4.31. The van der Waals surface area contributed by atoms with Gasteiger partial charge < -0.3 is 20.1 Å². The van der Waals surface area contributed by atoms with E-state index in [-0.39, 0.29) is 24.5 Å². The molecule has 0 spiro atoms. The van der Waals surface area contributed by atoms with Crippen molar-refractivity contribution >= 4 is 11.8 Å². The molecule has 1 fully saturated rings. The van der Waals surface area contributed by atoms with Gasteiger partial charge >= 0.3 is 0 Å². The highest BCUT2D eigenvalue weighted by Crippen LogP contribution is 2.14. The molecule has 0 bridgehead atoms. The van der Waals surface area contributed by atoms with Gasteiger partial charge in [0.15, 0.2) is 6.61 Å². The summed E-state index contributed by atoms with van der Waals surface area (Å²) in [6, 6.07) is 16.5. The number of ether oxygens (including phenoxy) is 2. The average Bonchev–Trinajstić information content (AvgIpc) is 3.23. The Labute approximate surface area is 158 Å². The monoisotopic (exact) mass is 368 g/mol. The maximum absolute atomic E-state index is 12.3. The molecule has 3 rings (SSSR count). The number of carbonyl (C=O) groups is 2. The van der Waals surface area contributed by atoms with Crippen molar-refractivity contribution in [1.29, 1.82) is 0 Å². The van der Waals surface area contributed by atoms with Gasteiger partial charge in [0.25, 0.3) is 11.8 Å². The van der Waals surface area contributed by atoms with E-state index in [0.29, 0.717) is 24.4 Å². The van der Waals surface area contributed by atoms with Crippen LogP contribution in [0.3, 0.4) is 0 Å². The molecule has 2 N–H and O–H groups in total. The molecule has 2 aromatic carbocycles. The Kier molecular flexibility index (Phi) is 6.82. The zero-order valence-corrected chi connectivity index (χ0v) is 15.1. The molecule has 2 aromatic rings. The summed E-state index contributed by atoms with van der Waals surface area (Å²) in [5.74, 6) is 0.0891. The van der Waals surface area contributed by atoms with Gasteiger partial charge in [-0.2, -0.15) is 0 Å². The second-order valence-corrected chi connectivity index (χ2v) is 6.42. The topological polar surface area (TPSA) is 76.7 Å². The minimum absolute atomic E-state index is 0.0954. The third-order valence-electron chi connectivity index (χ3n) is 4.31. The van der Waals surface area contributed by atoms with Crippen LogP contribution in [0.15, 0.2) is 54.6 Å². The van der Waals surface area contributed by atoms with Gasteiger partial charge in [0.2, 0.25) is 0 Å². The van der Waals surface area contributed by atoms with Gasteiger partial charge in [0, 0.05) is 25.3 Å². The van der Waals surface area contributed by atoms with Crippen LogP contribution in [0.4, 0.5) is 0 Å². The molecule has 1 aliphatic heterocycles. The van der Waals surface area contributed by atoms with Crippen LogP contribution in [0.1, 0.15) is 28.8 Å². The summed E-state index contributed by atoms with van der Waals surface area (Å²) < 4.78 is 11.0. The number of carbonyl (C=O) groups excluding carboxylic acids is 2. The quantitative estimate of drug-likeness (QED) is 0.750. The van der Waals surface area contributed by atoms with Crippen molar-refractivity contribution in [3.63, 3.8) is 0 Å². The molecule has 0 aromatic heterocycles. The van der Waals surface area contributed by atoms with Gasteiger partial charge in [-0.05, 0) is 36.6 Å². The lowest BCUT2D eigenvalue weighted by atomic mass is 10.2. The highest BCUT2D eigenvalue weighted by molar-refractivity contribution is 5.94. The number of hydrogen-bond acceptors (Lipinski definition) is 4. The Bertz CT molecular complexity index is 758. The van der Waals surface area contributed by atoms with E-state index in [1.807, 2.05) is 30.3 Å². The summed E-state index contributed by atoms with van der Waals surface area (Å²) in [7, 11) is 0. The standard InChI is InChI=1S/C21H24N2O4/c24-20(22-14-19-10-5-11-26-19)15-27-18-9-4-8-17(12-18)21(25)23-13-16-6-2-1-3-7-16/h1-4,6-9,12,19H,5,10-11,13-15H2,(H,22,24)(H,23,25)/t19-/m0/s1. The van der Waals surface area contributed by atoms with Gasteiger partial charge in [-0.3, -0.25) is 9.59 Å². The van der Waals surface area contributed by atoms with Crippen molar-refractivity contribution in [3.05, 3.63) is 65.7 Å². The summed E-state index contributed by atoms with van der Waals surface area (Å²) in [4.78, 5) is 24.2. The Balaban J connectivity index is 1.44. The molecule has 6 nitrogen and oxygen atoms in total. The largest absolute Gasteiger partial charge is 0.484 e. The molecule has 0 aliphatic carbocycles. The molecule has 1 heterocycles. The summed E-state index contributed by atoms with van der Waals surface area (Å²) in [6.45, 7) is 1.62. The lowest BCUT2D eigenvalue weighted by Gasteiger charge is -2.12. The molecule has 1 aliphatic rings. The molecule has 27 heavy (non-hydrogen) atoms. The van der Waals surface area contributed by atoms with E-state index < -0.39 is 0 Å². The molecule has 0 unspecified atom stereocenters. The van der Waals surface area contributed by atoms with E-state index in [4.69, 9.17) is 9.47 Å². The average molecular weight is 368 g/mol. The van der Waals surface area contributed by atoms with E-state index in [2.05, 4.69) is 10.6 Å². The SMILES string of the molecule is O=C(COc1cccc(C(=O)NCc2ccccc2)c1)NC[C@@H]1CCCO1. The van der Waals surface area contributed by atoms with Crippen LogP contribution in [-0.2, 0) is 16.1 Å². The third kappa shape index (κ3) is 6.11.